The fourth-order valence-corrected chi connectivity index (χ4v) is 1.18. The third-order valence-corrected chi connectivity index (χ3v) is 1.94. The molecule has 0 aliphatic carbocycles. The second-order valence-electron chi connectivity index (χ2n) is 2.73. The predicted molar refractivity (Wildman–Crippen MR) is 39.4 cm³/mol. The van der Waals surface area contributed by atoms with Crippen LogP contribution in [0.3, 0.4) is 0 Å². The molecule has 1 heterocycles. The molecule has 1 fully saturated rings. The van der Waals surface area contributed by atoms with E-state index in [9.17, 15) is 4.79 Å². The monoisotopic (exact) mass is 153 g/mol. The summed E-state index contributed by atoms with van der Waals surface area (Å²) in [6, 6.07) is 1.29. The lowest BCUT2D eigenvalue weighted by Gasteiger charge is -2.17. The van der Waals surface area contributed by atoms with Crippen LogP contribution in [-0.4, -0.2) is 29.4 Å². The van der Waals surface area contributed by atoms with Gasteiger partial charge in [-0.25, -0.2) is 0 Å². The standard InChI is InChI=1S/C7H11N3O/c1-5(4-8)10-3-2-6(9)7(10)11/h5-6H,2-3,9H2,1H3. The van der Waals surface area contributed by atoms with Crippen molar-refractivity contribution in [2.75, 3.05) is 6.54 Å². The number of nitrogens with two attached hydrogens (primary N) is 1. The van der Waals surface area contributed by atoms with Crippen LogP contribution in [0, 0.1) is 11.3 Å². The van der Waals surface area contributed by atoms with Crippen LogP contribution in [0.2, 0.25) is 0 Å². The number of hydrogen-bond donors (Lipinski definition) is 1. The average Bonchev–Trinajstić information content (AvgIpc) is 2.32. The molecule has 2 unspecified atom stereocenters. The Morgan fingerprint density at radius 2 is 2.55 bits per heavy atom. The number of carbonyl (C=O) groups is 1. The maximum Gasteiger partial charge on any atom is 0.240 e. The fraction of sp³-hybridized carbons (Fsp3) is 0.714. The van der Waals surface area contributed by atoms with Crippen molar-refractivity contribution in [1.82, 2.24) is 4.90 Å². The number of nitriles is 1. The van der Waals surface area contributed by atoms with E-state index in [-0.39, 0.29) is 18.0 Å². The van der Waals surface area contributed by atoms with Gasteiger partial charge >= 0.3 is 0 Å². The molecule has 0 radical (unpaired) electrons. The van der Waals surface area contributed by atoms with Gasteiger partial charge in [-0.1, -0.05) is 0 Å². The summed E-state index contributed by atoms with van der Waals surface area (Å²) in [6.45, 7) is 2.32. The molecule has 0 aromatic carbocycles. The molecule has 4 nitrogen and oxygen atoms in total. The van der Waals surface area contributed by atoms with Gasteiger partial charge in [0.25, 0.3) is 0 Å². The van der Waals surface area contributed by atoms with Crippen LogP contribution < -0.4 is 5.73 Å². The van der Waals surface area contributed by atoms with E-state index in [0.29, 0.717) is 13.0 Å². The highest BCUT2D eigenvalue weighted by molar-refractivity contribution is 5.84. The summed E-state index contributed by atoms with van der Waals surface area (Å²) in [4.78, 5) is 12.7. The minimum absolute atomic E-state index is 0.0981. The first-order valence-electron chi connectivity index (χ1n) is 3.62. The molecule has 1 aliphatic rings. The summed E-state index contributed by atoms with van der Waals surface area (Å²) in [6.07, 6.45) is 0.671. The van der Waals surface area contributed by atoms with E-state index in [0.717, 1.165) is 0 Å². The summed E-state index contributed by atoms with van der Waals surface area (Å²) < 4.78 is 0. The molecule has 1 amide bonds. The van der Waals surface area contributed by atoms with Gasteiger partial charge in [-0.05, 0) is 13.3 Å². The van der Waals surface area contributed by atoms with Crippen molar-refractivity contribution in [1.29, 1.82) is 5.26 Å². The molecular weight excluding hydrogens is 142 g/mol. The average molecular weight is 153 g/mol. The Morgan fingerprint density at radius 3 is 2.91 bits per heavy atom. The minimum atomic E-state index is -0.384. The summed E-state index contributed by atoms with van der Waals surface area (Å²) in [5, 5.41) is 8.51. The first-order chi connectivity index (χ1) is 5.16. The molecule has 2 N–H and O–H groups in total. The molecule has 0 bridgehead atoms. The van der Waals surface area contributed by atoms with Gasteiger partial charge in [0.05, 0.1) is 12.1 Å². The van der Waals surface area contributed by atoms with Crippen molar-refractivity contribution in [3.63, 3.8) is 0 Å². The Bertz CT molecular complexity index is 208. The van der Waals surface area contributed by atoms with Crippen LogP contribution in [0.25, 0.3) is 0 Å². The molecule has 1 rings (SSSR count). The van der Waals surface area contributed by atoms with E-state index >= 15 is 0 Å². The highest BCUT2D eigenvalue weighted by atomic mass is 16.2. The van der Waals surface area contributed by atoms with E-state index < -0.39 is 0 Å². The summed E-state index contributed by atoms with van der Waals surface area (Å²) in [5.41, 5.74) is 5.46. The first-order valence-corrected chi connectivity index (χ1v) is 3.62. The third-order valence-electron chi connectivity index (χ3n) is 1.94. The summed E-state index contributed by atoms with van der Waals surface area (Å²) >= 11 is 0. The lowest BCUT2D eigenvalue weighted by Crippen LogP contribution is -2.38. The summed E-state index contributed by atoms with van der Waals surface area (Å²) in [5.74, 6) is -0.0981. The molecule has 0 aromatic heterocycles. The second kappa shape index (κ2) is 2.89. The SMILES string of the molecule is CC(C#N)N1CCC(N)C1=O. The molecule has 1 aliphatic heterocycles. The largest absolute Gasteiger partial charge is 0.326 e. The van der Waals surface area contributed by atoms with Crippen LogP contribution in [0.1, 0.15) is 13.3 Å². The van der Waals surface area contributed by atoms with Crippen molar-refractivity contribution in [3.05, 3.63) is 0 Å². The zero-order valence-corrected chi connectivity index (χ0v) is 6.45. The maximum absolute atomic E-state index is 11.2. The van der Waals surface area contributed by atoms with Gasteiger partial charge in [0.1, 0.15) is 6.04 Å². The lowest BCUT2D eigenvalue weighted by atomic mass is 10.3. The number of hydrogen-bond acceptors (Lipinski definition) is 3. The molecule has 2 atom stereocenters. The van der Waals surface area contributed by atoms with Crippen molar-refractivity contribution < 1.29 is 4.79 Å². The number of carbonyl (C=O) groups excluding carboxylic acids is 1. The van der Waals surface area contributed by atoms with Crippen LogP contribution in [0.4, 0.5) is 0 Å². The predicted octanol–water partition coefficient (Wildman–Crippen LogP) is -0.542. The Hall–Kier alpha value is -1.08. The van der Waals surface area contributed by atoms with Crippen LogP contribution in [0.5, 0.6) is 0 Å². The van der Waals surface area contributed by atoms with Crippen molar-refractivity contribution >= 4 is 5.91 Å². The smallest absolute Gasteiger partial charge is 0.240 e. The maximum atomic E-state index is 11.2. The molecule has 1 saturated heterocycles. The summed E-state index contributed by atoms with van der Waals surface area (Å²) in [7, 11) is 0. The van der Waals surface area contributed by atoms with Crippen LogP contribution in [-0.2, 0) is 4.79 Å². The van der Waals surface area contributed by atoms with E-state index in [1.165, 1.54) is 4.90 Å². The van der Waals surface area contributed by atoms with Crippen molar-refractivity contribution in [3.8, 4) is 6.07 Å². The third kappa shape index (κ3) is 1.33. The van der Waals surface area contributed by atoms with Gasteiger partial charge in [0.15, 0.2) is 0 Å². The molecule has 0 saturated carbocycles. The van der Waals surface area contributed by atoms with Crippen LogP contribution in [0.15, 0.2) is 0 Å². The normalized spacial score (nSPS) is 26.8. The lowest BCUT2D eigenvalue weighted by molar-refractivity contribution is -0.129. The first kappa shape index (κ1) is 8.02. The molecule has 4 heteroatoms. The van der Waals surface area contributed by atoms with Gasteiger partial charge in [-0.3, -0.25) is 4.79 Å². The highest BCUT2D eigenvalue weighted by Gasteiger charge is 2.31. The van der Waals surface area contributed by atoms with E-state index in [4.69, 9.17) is 11.0 Å². The molecule has 60 valence electrons. The van der Waals surface area contributed by atoms with Gasteiger partial charge in [-0.15, -0.1) is 0 Å². The highest BCUT2D eigenvalue weighted by Crippen LogP contribution is 2.11. The number of rotatable bonds is 1. The van der Waals surface area contributed by atoms with Gasteiger partial charge < -0.3 is 10.6 Å². The van der Waals surface area contributed by atoms with Gasteiger partial charge in [0, 0.05) is 6.54 Å². The van der Waals surface area contributed by atoms with Crippen molar-refractivity contribution in [2.24, 2.45) is 5.73 Å². The van der Waals surface area contributed by atoms with Crippen LogP contribution >= 0.6 is 0 Å². The van der Waals surface area contributed by atoms with Gasteiger partial charge in [-0.2, -0.15) is 5.26 Å². The zero-order valence-electron chi connectivity index (χ0n) is 6.45. The Morgan fingerprint density at radius 1 is 1.91 bits per heavy atom. The molecule has 0 spiro atoms. The van der Waals surface area contributed by atoms with E-state index in [1.54, 1.807) is 6.92 Å². The minimum Gasteiger partial charge on any atom is -0.326 e. The Kier molecular flexibility index (Phi) is 2.11. The molecule has 0 aromatic rings. The number of amides is 1. The Labute approximate surface area is 65.6 Å². The van der Waals surface area contributed by atoms with E-state index in [2.05, 4.69) is 0 Å². The number of nitrogens with zero attached hydrogens (tertiary/aromatic N) is 2. The molecule has 11 heavy (non-hydrogen) atoms. The second-order valence-corrected chi connectivity index (χ2v) is 2.73. The Balaban J connectivity index is 2.64. The number of likely N-dealkylation sites (tertiary alicyclic amines) is 1. The van der Waals surface area contributed by atoms with Gasteiger partial charge in [0.2, 0.25) is 5.91 Å². The fourth-order valence-electron chi connectivity index (χ4n) is 1.18. The zero-order chi connectivity index (χ0) is 8.43. The van der Waals surface area contributed by atoms with Crippen molar-refractivity contribution in [2.45, 2.75) is 25.4 Å². The topological polar surface area (TPSA) is 70.1 Å². The molecular formula is C7H11N3O. The van der Waals surface area contributed by atoms with E-state index in [1.807, 2.05) is 6.07 Å². The quantitative estimate of drug-likeness (QED) is 0.550.